The monoisotopic (exact) mass is 1360 g/mol. The average molecular weight is 1370 g/mol. The molecule has 6 heterocycles. The molecule has 0 radical (unpaired) electrons. The van der Waals surface area contributed by atoms with E-state index in [1.807, 2.05) is 12.1 Å². The van der Waals surface area contributed by atoms with Crippen LogP contribution in [0.3, 0.4) is 0 Å². The van der Waals surface area contributed by atoms with Crippen molar-refractivity contribution in [1.82, 2.24) is 28.7 Å². The Hall–Kier alpha value is -14.5. The summed E-state index contributed by atoms with van der Waals surface area (Å²) in [5.74, 6) is 1.45. The van der Waals surface area contributed by atoms with E-state index in [0.717, 1.165) is 199 Å². The van der Waals surface area contributed by atoms with Crippen LogP contribution in [0.15, 0.2) is 373 Å². The summed E-state index contributed by atoms with van der Waals surface area (Å²) in [5.41, 5.74) is 26.2. The van der Waals surface area contributed by atoms with Gasteiger partial charge in [0, 0.05) is 54.2 Å². The fraction of sp³-hybridized carbons (Fsp3) is 0. The minimum Gasteiger partial charge on any atom is -0.456 e. The number of furan rings is 2. The maximum absolute atomic E-state index is 6.69. The molecule has 22 rings (SSSR count). The smallest absolute Gasteiger partial charge is 0.238 e. The van der Waals surface area contributed by atoms with Gasteiger partial charge in [-0.3, -0.25) is 4.57 Å². The van der Waals surface area contributed by atoms with E-state index in [1.165, 1.54) is 0 Å². The second-order valence-electron chi connectivity index (χ2n) is 27.7. The Labute approximate surface area is 613 Å². The molecule has 0 fully saturated rings. The Balaban J connectivity index is 0.836. The van der Waals surface area contributed by atoms with Crippen LogP contribution in [0, 0.1) is 0 Å². The first kappa shape index (κ1) is 60.1. The van der Waals surface area contributed by atoms with E-state index in [9.17, 15) is 0 Å². The van der Waals surface area contributed by atoms with Crippen molar-refractivity contribution in [3.8, 4) is 107 Å². The molecule has 0 aliphatic heterocycles. The third-order valence-electron chi connectivity index (χ3n) is 21.7. The minimum atomic E-state index is 0.459. The molecule has 498 valence electrons. The third-order valence-corrected chi connectivity index (χ3v) is 21.7. The summed E-state index contributed by atoms with van der Waals surface area (Å²) in [6.45, 7) is 0. The number of hydrogen-bond acceptors (Lipinski definition) is 5. The lowest BCUT2D eigenvalue weighted by molar-refractivity contribution is 0.669. The summed E-state index contributed by atoms with van der Waals surface area (Å²) in [5, 5.41) is 10.7. The molecule has 0 N–H and O–H groups in total. The van der Waals surface area contributed by atoms with E-state index in [4.69, 9.17) is 23.8 Å². The van der Waals surface area contributed by atoms with E-state index in [0.29, 0.717) is 17.6 Å². The van der Waals surface area contributed by atoms with Gasteiger partial charge in [-0.15, -0.1) is 0 Å². The molecule has 0 aliphatic rings. The van der Waals surface area contributed by atoms with E-state index in [1.54, 1.807) is 0 Å². The lowest BCUT2D eigenvalue weighted by Crippen LogP contribution is -2.09. The summed E-state index contributed by atoms with van der Waals surface area (Å²) >= 11 is 0. The van der Waals surface area contributed by atoms with Gasteiger partial charge < -0.3 is 18.0 Å². The van der Waals surface area contributed by atoms with Crippen LogP contribution in [-0.2, 0) is 0 Å². The molecule has 8 heteroatoms. The number of nitrogens with zero attached hydrogens (tertiary/aromatic N) is 6. The van der Waals surface area contributed by atoms with Gasteiger partial charge in [0.15, 0.2) is 11.6 Å². The molecule has 0 bridgehead atoms. The van der Waals surface area contributed by atoms with Crippen molar-refractivity contribution in [2.75, 3.05) is 0 Å². The minimum absolute atomic E-state index is 0.459. The zero-order valence-corrected chi connectivity index (χ0v) is 57.6. The second kappa shape index (κ2) is 24.1. The molecule has 0 aliphatic carbocycles. The molecule has 0 amide bonds. The van der Waals surface area contributed by atoms with Gasteiger partial charge in [-0.1, -0.05) is 231 Å². The van der Waals surface area contributed by atoms with Gasteiger partial charge in [-0.05, 0) is 200 Å². The SMILES string of the molecule is c1ccc(-c2cc(-c3ccccc3)cc(-c3ccc4c(c3)c3cc(-c5cc(-c6ccccc6)cc(-c6ccccc6)c5)ccc3n4-c3nc(-c4ccccc4-n4c5ccccc5c5ccc6oc7ccccc7c6c54)nc(-c4ccccc4-n4c5ccccc5c5ccc6oc7ccccc7c6c54)n3)c2)cc1. The summed E-state index contributed by atoms with van der Waals surface area (Å²) in [6, 6.07) is 131. The van der Waals surface area contributed by atoms with Crippen molar-refractivity contribution >= 4 is 109 Å². The number of benzene rings is 16. The molecule has 6 aromatic heterocycles. The van der Waals surface area contributed by atoms with Gasteiger partial charge in [0.05, 0.1) is 55.2 Å². The normalized spacial score (nSPS) is 11.9. The van der Waals surface area contributed by atoms with Crippen LogP contribution in [0.4, 0.5) is 0 Å². The van der Waals surface area contributed by atoms with Crippen molar-refractivity contribution in [3.05, 3.63) is 364 Å². The van der Waals surface area contributed by atoms with E-state index in [-0.39, 0.29) is 0 Å². The van der Waals surface area contributed by atoms with E-state index in [2.05, 4.69) is 366 Å². The van der Waals surface area contributed by atoms with E-state index < -0.39 is 0 Å². The van der Waals surface area contributed by atoms with Crippen LogP contribution >= 0.6 is 0 Å². The Morgan fingerprint density at radius 1 is 0.196 bits per heavy atom. The second-order valence-corrected chi connectivity index (χ2v) is 27.7. The Morgan fingerprint density at radius 3 is 0.925 bits per heavy atom. The predicted molar refractivity (Wildman–Crippen MR) is 441 cm³/mol. The topological polar surface area (TPSA) is 79.7 Å². The van der Waals surface area contributed by atoms with E-state index >= 15 is 0 Å². The molecule has 0 atom stereocenters. The van der Waals surface area contributed by atoms with Crippen LogP contribution in [0.2, 0.25) is 0 Å². The first-order chi connectivity index (χ1) is 53.0. The molecule has 0 saturated heterocycles. The molecule has 16 aromatic carbocycles. The molecule has 0 unspecified atom stereocenters. The predicted octanol–water partition coefficient (Wildman–Crippen LogP) is 26.3. The highest BCUT2D eigenvalue weighted by Crippen LogP contribution is 2.47. The number of fused-ring (bicyclic) bond motifs is 17. The zero-order valence-electron chi connectivity index (χ0n) is 57.6. The van der Waals surface area contributed by atoms with Crippen molar-refractivity contribution < 1.29 is 8.83 Å². The number of hydrogen-bond donors (Lipinski definition) is 0. The van der Waals surface area contributed by atoms with Crippen LogP contribution < -0.4 is 0 Å². The quantitative estimate of drug-likeness (QED) is 0.129. The fourth-order valence-electron chi connectivity index (χ4n) is 16.8. The largest absolute Gasteiger partial charge is 0.456 e. The Morgan fingerprint density at radius 2 is 0.523 bits per heavy atom. The van der Waals surface area contributed by atoms with Crippen molar-refractivity contribution in [3.63, 3.8) is 0 Å². The summed E-state index contributed by atoms with van der Waals surface area (Å²) in [4.78, 5) is 17.6. The van der Waals surface area contributed by atoms with Gasteiger partial charge >= 0.3 is 0 Å². The maximum atomic E-state index is 6.69. The lowest BCUT2D eigenvalue weighted by Gasteiger charge is -2.17. The first-order valence-electron chi connectivity index (χ1n) is 36.3. The Kier molecular flexibility index (Phi) is 13.5. The summed E-state index contributed by atoms with van der Waals surface area (Å²) < 4.78 is 20.5. The fourth-order valence-corrected chi connectivity index (χ4v) is 16.8. The average Bonchev–Trinajstić information content (AvgIpc) is 1.51. The number of rotatable bonds is 11. The number of aromatic nitrogens is 6. The highest BCUT2D eigenvalue weighted by molar-refractivity contribution is 6.26. The van der Waals surface area contributed by atoms with Crippen LogP contribution in [0.5, 0.6) is 0 Å². The molecular formula is C99H60N6O2. The van der Waals surface area contributed by atoms with Gasteiger partial charge in [0.25, 0.3) is 0 Å². The van der Waals surface area contributed by atoms with Crippen molar-refractivity contribution in [2.45, 2.75) is 0 Å². The van der Waals surface area contributed by atoms with Crippen molar-refractivity contribution in [1.29, 1.82) is 0 Å². The van der Waals surface area contributed by atoms with Gasteiger partial charge in [-0.25, -0.2) is 4.98 Å². The first-order valence-corrected chi connectivity index (χ1v) is 36.3. The van der Waals surface area contributed by atoms with Crippen LogP contribution in [0.25, 0.3) is 216 Å². The maximum Gasteiger partial charge on any atom is 0.238 e. The zero-order chi connectivity index (χ0) is 70.2. The highest BCUT2D eigenvalue weighted by Gasteiger charge is 2.28. The molecule has 0 saturated carbocycles. The van der Waals surface area contributed by atoms with Crippen molar-refractivity contribution in [2.24, 2.45) is 0 Å². The molecular weight excluding hydrogens is 1310 g/mol. The third kappa shape index (κ3) is 9.66. The lowest BCUT2D eigenvalue weighted by atomic mass is 9.92. The van der Waals surface area contributed by atoms with Gasteiger partial charge in [0.1, 0.15) is 22.3 Å². The van der Waals surface area contributed by atoms with Gasteiger partial charge in [-0.2, -0.15) is 9.97 Å². The van der Waals surface area contributed by atoms with Gasteiger partial charge in [0.2, 0.25) is 5.95 Å². The Bertz CT molecular complexity index is 6820. The molecule has 8 nitrogen and oxygen atoms in total. The number of para-hydroxylation sites is 6. The standard InChI is InChI=1S/C99H60N6O2/c1-5-25-61(26-6-1)67-53-68(62-27-7-2-8-28-62)56-71(55-67)65-45-49-87-81(59-65)82-60-66(72-57-69(63-29-9-3-10-30-63)54-70(58-72)64-31-11-4-12-32-64)46-50-88(82)105(87)99-101-97(77-35-15-21-41-85(77)103-83-39-19-13-33-73(83)75-47-51-91-93(95(75)103)79-37-17-23-43-89(79)106-91)100-98(102-99)78-36-16-22-42-86(78)104-84-40-20-14-34-74(84)76-48-52-92-94(96(76)104)80-38-18-24-44-90(80)107-92/h1-60H. The molecule has 107 heavy (non-hydrogen) atoms. The summed E-state index contributed by atoms with van der Waals surface area (Å²) in [6.07, 6.45) is 0. The van der Waals surface area contributed by atoms with Crippen LogP contribution in [0.1, 0.15) is 0 Å². The molecule has 22 aromatic rings. The highest BCUT2D eigenvalue weighted by atomic mass is 16.3. The van der Waals surface area contributed by atoms with Crippen LogP contribution in [-0.4, -0.2) is 28.7 Å². The molecule has 0 spiro atoms. The summed E-state index contributed by atoms with van der Waals surface area (Å²) in [7, 11) is 0.